The molecule has 0 N–H and O–H groups in total. The molecular formula is C19H27N3O4. The maximum atomic E-state index is 12.5. The highest BCUT2D eigenvalue weighted by Crippen LogP contribution is 2.20. The van der Waals surface area contributed by atoms with E-state index in [1.165, 1.54) is 6.26 Å². The van der Waals surface area contributed by atoms with Crippen molar-refractivity contribution in [2.75, 3.05) is 32.7 Å². The van der Waals surface area contributed by atoms with Crippen LogP contribution in [0.15, 0.2) is 22.8 Å². The Morgan fingerprint density at radius 2 is 1.77 bits per heavy atom. The molecule has 0 saturated carbocycles. The summed E-state index contributed by atoms with van der Waals surface area (Å²) in [5.41, 5.74) is 0. The second kappa shape index (κ2) is 8.38. The lowest BCUT2D eigenvalue weighted by atomic mass is 9.99. The van der Waals surface area contributed by atoms with Gasteiger partial charge in [-0.1, -0.05) is 6.92 Å². The maximum absolute atomic E-state index is 12.5. The second-order valence-electron chi connectivity index (χ2n) is 6.97. The molecule has 26 heavy (non-hydrogen) atoms. The van der Waals surface area contributed by atoms with E-state index in [-0.39, 0.29) is 30.2 Å². The van der Waals surface area contributed by atoms with Crippen LogP contribution in [0.3, 0.4) is 0 Å². The highest BCUT2D eigenvalue weighted by molar-refractivity contribution is 5.97. The first-order chi connectivity index (χ1) is 12.6. The Balaban J connectivity index is 1.49. The third kappa shape index (κ3) is 4.08. The summed E-state index contributed by atoms with van der Waals surface area (Å²) in [6.07, 6.45) is 5.55. The monoisotopic (exact) mass is 361 g/mol. The van der Waals surface area contributed by atoms with Gasteiger partial charge in [-0.2, -0.15) is 0 Å². The molecule has 1 aromatic heterocycles. The van der Waals surface area contributed by atoms with Crippen LogP contribution in [0.1, 0.15) is 49.6 Å². The zero-order valence-corrected chi connectivity index (χ0v) is 15.4. The van der Waals surface area contributed by atoms with Crippen molar-refractivity contribution in [1.29, 1.82) is 0 Å². The topological polar surface area (TPSA) is 74.1 Å². The van der Waals surface area contributed by atoms with Gasteiger partial charge >= 0.3 is 0 Å². The van der Waals surface area contributed by atoms with Crippen LogP contribution in [0.4, 0.5) is 0 Å². The number of piperidine rings is 1. The third-order valence-electron chi connectivity index (χ3n) is 5.37. The molecule has 1 atom stereocenters. The van der Waals surface area contributed by atoms with E-state index in [0.29, 0.717) is 31.9 Å². The Labute approximate surface area is 153 Å². The number of carbonyl (C=O) groups is 3. The minimum atomic E-state index is -0.155. The van der Waals surface area contributed by atoms with Crippen LogP contribution in [-0.2, 0) is 9.59 Å². The molecular weight excluding hydrogens is 334 g/mol. The molecule has 0 aliphatic carbocycles. The minimum Gasteiger partial charge on any atom is -0.459 e. The number of rotatable bonds is 4. The van der Waals surface area contributed by atoms with E-state index in [9.17, 15) is 14.4 Å². The summed E-state index contributed by atoms with van der Waals surface area (Å²) >= 11 is 0. The molecule has 3 heterocycles. The lowest BCUT2D eigenvalue weighted by molar-refractivity contribution is -0.143. The van der Waals surface area contributed by atoms with Gasteiger partial charge in [0.1, 0.15) is 6.42 Å². The molecule has 0 aromatic carbocycles. The molecule has 7 nitrogen and oxygen atoms in total. The van der Waals surface area contributed by atoms with Gasteiger partial charge < -0.3 is 19.1 Å². The van der Waals surface area contributed by atoms with Crippen molar-refractivity contribution in [3.05, 3.63) is 24.2 Å². The number of hydrogen-bond donors (Lipinski definition) is 0. The molecule has 2 aliphatic rings. The summed E-state index contributed by atoms with van der Waals surface area (Å²) < 4.78 is 5.14. The fourth-order valence-electron chi connectivity index (χ4n) is 3.81. The van der Waals surface area contributed by atoms with E-state index in [0.717, 1.165) is 32.2 Å². The average molecular weight is 361 g/mol. The lowest BCUT2D eigenvalue weighted by Gasteiger charge is -2.37. The van der Waals surface area contributed by atoms with Crippen molar-refractivity contribution in [1.82, 2.24) is 14.7 Å². The van der Waals surface area contributed by atoms with Crippen molar-refractivity contribution in [2.24, 2.45) is 0 Å². The summed E-state index contributed by atoms with van der Waals surface area (Å²) in [4.78, 5) is 42.6. The third-order valence-corrected chi connectivity index (χ3v) is 5.37. The minimum absolute atomic E-state index is 0.0596. The highest BCUT2D eigenvalue weighted by Gasteiger charge is 2.30. The summed E-state index contributed by atoms with van der Waals surface area (Å²) in [6, 6.07) is 3.59. The number of likely N-dealkylation sites (tertiary alicyclic amines) is 1. The molecule has 0 bridgehead atoms. The molecule has 0 radical (unpaired) electrons. The molecule has 142 valence electrons. The number of hydrogen-bond acceptors (Lipinski definition) is 4. The standard InChI is InChI=1S/C19H27N3O4/c1-2-15-6-3-4-8-22(15)18(24)14-17(23)20-9-11-21(12-10-20)19(25)16-7-5-13-26-16/h5,7,13,15H,2-4,6,8-12,14H2,1H3. The molecule has 3 amide bonds. The van der Waals surface area contributed by atoms with E-state index >= 15 is 0 Å². The summed E-state index contributed by atoms with van der Waals surface area (Å²) in [5, 5.41) is 0. The zero-order valence-electron chi connectivity index (χ0n) is 15.4. The summed E-state index contributed by atoms with van der Waals surface area (Å²) in [6.45, 7) is 4.68. The SMILES string of the molecule is CCC1CCCCN1C(=O)CC(=O)N1CCN(C(=O)c2ccco2)CC1. The lowest BCUT2D eigenvalue weighted by Crippen LogP contribution is -2.52. The Bertz CT molecular complexity index is 635. The van der Waals surface area contributed by atoms with Crippen LogP contribution >= 0.6 is 0 Å². The van der Waals surface area contributed by atoms with Gasteiger partial charge in [0.05, 0.1) is 6.26 Å². The normalized spacial score (nSPS) is 21.0. The van der Waals surface area contributed by atoms with E-state index < -0.39 is 0 Å². The van der Waals surface area contributed by atoms with Gasteiger partial charge in [-0.15, -0.1) is 0 Å². The number of piperazine rings is 1. The number of amides is 3. The molecule has 2 fully saturated rings. The van der Waals surface area contributed by atoms with Crippen LogP contribution in [-0.4, -0.2) is 71.2 Å². The van der Waals surface area contributed by atoms with Gasteiger partial charge in [-0.3, -0.25) is 14.4 Å². The second-order valence-corrected chi connectivity index (χ2v) is 6.97. The van der Waals surface area contributed by atoms with Gasteiger partial charge in [0.25, 0.3) is 5.91 Å². The van der Waals surface area contributed by atoms with Gasteiger partial charge in [0.15, 0.2) is 5.76 Å². The summed E-state index contributed by atoms with van der Waals surface area (Å²) in [5.74, 6) is -0.0379. The first kappa shape index (κ1) is 18.5. The number of carbonyl (C=O) groups excluding carboxylic acids is 3. The molecule has 2 saturated heterocycles. The first-order valence-corrected chi connectivity index (χ1v) is 9.50. The van der Waals surface area contributed by atoms with Crippen LogP contribution in [0.25, 0.3) is 0 Å². The quantitative estimate of drug-likeness (QED) is 0.766. The smallest absolute Gasteiger partial charge is 0.289 e. The Hall–Kier alpha value is -2.31. The van der Waals surface area contributed by atoms with Crippen LogP contribution < -0.4 is 0 Å². The molecule has 3 rings (SSSR count). The van der Waals surface area contributed by atoms with E-state index in [4.69, 9.17) is 4.42 Å². The zero-order chi connectivity index (χ0) is 18.5. The van der Waals surface area contributed by atoms with Crippen LogP contribution in [0.2, 0.25) is 0 Å². The largest absolute Gasteiger partial charge is 0.459 e. The predicted molar refractivity (Wildman–Crippen MR) is 95.5 cm³/mol. The Morgan fingerprint density at radius 3 is 2.42 bits per heavy atom. The van der Waals surface area contributed by atoms with Crippen molar-refractivity contribution < 1.29 is 18.8 Å². The fraction of sp³-hybridized carbons (Fsp3) is 0.632. The van der Waals surface area contributed by atoms with E-state index in [2.05, 4.69) is 6.92 Å². The number of nitrogens with zero attached hydrogens (tertiary/aromatic N) is 3. The van der Waals surface area contributed by atoms with Gasteiger partial charge in [-0.25, -0.2) is 0 Å². The van der Waals surface area contributed by atoms with E-state index in [1.807, 2.05) is 4.90 Å². The first-order valence-electron chi connectivity index (χ1n) is 9.50. The highest BCUT2D eigenvalue weighted by atomic mass is 16.3. The van der Waals surface area contributed by atoms with E-state index in [1.54, 1.807) is 21.9 Å². The molecule has 1 unspecified atom stereocenters. The van der Waals surface area contributed by atoms with Crippen molar-refractivity contribution >= 4 is 17.7 Å². The predicted octanol–water partition coefficient (Wildman–Crippen LogP) is 1.75. The maximum Gasteiger partial charge on any atom is 0.289 e. The van der Waals surface area contributed by atoms with Crippen molar-refractivity contribution in [3.8, 4) is 0 Å². The van der Waals surface area contributed by atoms with Crippen LogP contribution in [0.5, 0.6) is 0 Å². The average Bonchev–Trinajstić information content (AvgIpc) is 3.22. The number of furan rings is 1. The van der Waals surface area contributed by atoms with Crippen molar-refractivity contribution in [2.45, 2.75) is 45.1 Å². The molecule has 1 aromatic rings. The fourth-order valence-corrected chi connectivity index (χ4v) is 3.81. The molecule has 2 aliphatic heterocycles. The van der Waals surface area contributed by atoms with Crippen molar-refractivity contribution in [3.63, 3.8) is 0 Å². The molecule has 0 spiro atoms. The van der Waals surface area contributed by atoms with Crippen LogP contribution in [0, 0.1) is 0 Å². The summed E-state index contributed by atoms with van der Waals surface area (Å²) in [7, 11) is 0. The molecule has 7 heteroatoms. The van der Waals surface area contributed by atoms with Gasteiger partial charge in [0, 0.05) is 38.8 Å². The Kier molecular flexibility index (Phi) is 5.96. The van der Waals surface area contributed by atoms with Gasteiger partial charge in [-0.05, 0) is 37.8 Å². The Morgan fingerprint density at radius 1 is 1.04 bits per heavy atom. The van der Waals surface area contributed by atoms with Gasteiger partial charge in [0.2, 0.25) is 11.8 Å².